The molecular formula is C15H23NO2. The van der Waals surface area contributed by atoms with Crippen molar-refractivity contribution in [2.24, 2.45) is 0 Å². The monoisotopic (exact) mass is 249 g/mol. The van der Waals surface area contributed by atoms with Crippen LogP contribution in [0.5, 0.6) is 11.5 Å². The van der Waals surface area contributed by atoms with Crippen molar-refractivity contribution in [2.45, 2.75) is 26.3 Å². The third-order valence-corrected chi connectivity index (χ3v) is 2.91. The predicted molar refractivity (Wildman–Crippen MR) is 75.4 cm³/mol. The molecule has 0 aliphatic carbocycles. The van der Waals surface area contributed by atoms with Crippen LogP contribution in [-0.4, -0.2) is 20.8 Å². The zero-order chi connectivity index (χ0) is 13.5. The van der Waals surface area contributed by atoms with Gasteiger partial charge in [-0.15, -0.1) is 6.58 Å². The molecule has 0 fully saturated rings. The Kier molecular flexibility index (Phi) is 5.72. The molecule has 0 spiro atoms. The molecule has 1 aromatic rings. The van der Waals surface area contributed by atoms with Gasteiger partial charge in [-0.1, -0.05) is 11.6 Å². The lowest BCUT2D eigenvalue weighted by Crippen LogP contribution is -2.12. The quantitative estimate of drug-likeness (QED) is 0.752. The lowest BCUT2D eigenvalue weighted by Gasteiger charge is -2.15. The summed E-state index contributed by atoms with van der Waals surface area (Å²) in [5.74, 6) is 1.56. The van der Waals surface area contributed by atoms with Crippen molar-refractivity contribution in [3.05, 3.63) is 35.9 Å². The van der Waals surface area contributed by atoms with Gasteiger partial charge in [-0.3, -0.25) is 0 Å². The predicted octanol–water partition coefficient (Wildman–Crippen LogP) is 3.32. The van der Waals surface area contributed by atoms with Crippen LogP contribution in [0.4, 0.5) is 0 Å². The van der Waals surface area contributed by atoms with Gasteiger partial charge < -0.3 is 14.8 Å². The first kappa shape index (κ1) is 14.6. The van der Waals surface area contributed by atoms with Gasteiger partial charge in [-0.2, -0.15) is 0 Å². The normalized spacial score (nSPS) is 12.0. The molecule has 0 bridgehead atoms. The molecule has 1 rings (SSSR count). The van der Waals surface area contributed by atoms with E-state index in [2.05, 4.69) is 24.9 Å². The molecule has 0 saturated carbocycles. The van der Waals surface area contributed by atoms with Crippen LogP contribution in [0, 0.1) is 0 Å². The summed E-state index contributed by atoms with van der Waals surface area (Å²) in [7, 11) is 3.60. The molecule has 0 aliphatic heterocycles. The van der Waals surface area contributed by atoms with Gasteiger partial charge in [0.05, 0.1) is 13.7 Å². The maximum Gasteiger partial charge on any atom is 0.161 e. The second kappa shape index (κ2) is 7.07. The van der Waals surface area contributed by atoms with Crippen LogP contribution < -0.4 is 14.8 Å². The summed E-state index contributed by atoms with van der Waals surface area (Å²) in [5.41, 5.74) is 2.30. The fourth-order valence-electron chi connectivity index (χ4n) is 1.57. The van der Waals surface area contributed by atoms with Gasteiger partial charge in [-0.25, -0.2) is 0 Å². The van der Waals surface area contributed by atoms with Crippen LogP contribution in [0.1, 0.15) is 31.9 Å². The molecule has 3 nitrogen and oxygen atoms in total. The van der Waals surface area contributed by atoms with E-state index < -0.39 is 0 Å². The van der Waals surface area contributed by atoms with Gasteiger partial charge in [0.2, 0.25) is 0 Å². The zero-order valence-corrected chi connectivity index (χ0v) is 11.7. The maximum absolute atomic E-state index is 5.70. The van der Waals surface area contributed by atoms with Crippen molar-refractivity contribution >= 4 is 0 Å². The molecule has 0 aromatic heterocycles. The number of ether oxygens (including phenoxy) is 2. The van der Waals surface area contributed by atoms with E-state index in [4.69, 9.17) is 9.47 Å². The highest BCUT2D eigenvalue weighted by Gasteiger charge is 2.09. The van der Waals surface area contributed by atoms with Crippen LogP contribution in [0.3, 0.4) is 0 Å². The highest BCUT2D eigenvalue weighted by Crippen LogP contribution is 2.30. The summed E-state index contributed by atoms with van der Waals surface area (Å²) >= 11 is 0. The number of benzene rings is 1. The van der Waals surface area contributed by atoms with E-state index in [1.54, 1.807) is 7.11 Å². The minimum absolute atomic E-state index is 0.295. The van der Waals surface area contributed by atoms with E-state index in [9.17, 15) is 0 Å². The van der Waals surface area contributed by atoms with Crippen LogP contribution in [0.2, 0.25) is 0 Å². The zero-order valence-electron chi connectivity index (χ0n) is 11.7. The third-order valence-electron chi connectivity index (χ3n) is 2.91. The van der Waals surface area contributed by atoms with Crippen molar-refractivity contribution in [1.29, 1.82) is 0 Å². The molecule has 100 valence electrons. The topological polar surface area (TPSA) is 30.5 Å². The van der Waals surface area contributed by atoms with E-state index >= 15 is 0 Å². The first-order valence-electron chi connectivity index (χ1n) is 6.21. The summed E-state index contributed by atoms with van der Waals surface area (Å²) in [5, 5.41) is 3.20. The van der Waals surface area contributed by atoms with E-state index in [0.717, 1.165) is 23.5 Å². The maximum atomic E-state index is 5.70. The largest absolute Gasteiger partial charge is 0.493 e. The Bertz CT molecular complexity index is 401. The second-order valence-corrected chi connectivity index (χ2v) is 4.48. The summed E-state index contributed by atoms with van der Waals surface area (Å²) in [6.07, 6.45) is 0.859. The highest BCUT2D eigenvalue weighted by atomic mass is 16.5. The van der Waals surface area contributed by atoms with Gasteiger partial charge in [0, 0.05) is 12.5 Å². The average Bonchev–Trinajstić information content (AvgIpc) is 2.37. The van der Waals surface area contributed by atoms with Crippen LogP contribution in [-0.2, 0) is 0 Å². The Morgan fingerprint density at radius 3 is 2.67 bits per heavy atom. The van der Waals surface area contributed by atoms with Crippen molar-refractivity contribution in [1.82, 2.24) is 5.32 Å². The summed E-state index contributed by atoms with van der Waals surface area (Å²) < 4.78 is 11.1. The van der Waals surface area contributed by atoms with Gasteiger partial charge >= 0.3 is 0 Å². The SMILES string of the molecule is C=C(C)CCOc1ccc(C(C)NC)cc1OC. The molecule has 1 unspecified atom stereocenters. The molecule has 0 aliphatic rings. The van der Waals surface area contributed by atoms with Crippen molar-refractivity contribution < 1.29 is 9.47 Å². The summed E-state index contributed by atoms with van der Waals surface area (Å²) in [4.78, 5) is 0. The van der Waals surface area contributed by atoms with Crippen LogP contribution in [0.25, 0.3) is 0 Å². The number of nitrogens with one attached hydrogen (secondary N) is 1. The lowest BCUT2D eigenvalue weighted by atomic mass is 10.1. The average molecular weight is 249 g/mol. The minimum atomic E-state index is 0.295. The third kappa shape index (κ3) is 4.08. The van der Waals surface area contributed by atoms with E-state index in [1.165, 1.54) is 5.56 Å². The van der Waals surface area contributed by atoms with E-state index in [0.29, 0.717) is 12.6 Å². The Morgan fingerprint density at radius 2 is 2.11 bits per heavy atom. The molecule has 1 aromatic carbocycles. The molecule has 3 heteroatoms. The standard InChI is InChI=1S/C15H23NO2/c1-11(2)8-9-18-14-7-6-13(12(3)16-4)10-15(14)17-5/h6-7,10,12,16H,1,8-9H2,2-5H3. The molecule has 18 heavy (non-hydrogen) atoms. The highest BCUT2D eigenvalue weighted by molar-refractivity contribution is 5.43. The fraction of sp³-hybridized carbons (Fsp3) is 0.467. The second-order valence-electron chi connectivity index (χ2n) is 4.48. The van der Waals surface area contributed by atoms with Crippen LogP contribution >= 0.6 is 0 Å². The Hall–Kier alpha value is -1.48. The molecular weight excluding hydrogens is 226 g/mol. The van der Waals surface area contributed by atoms with Gasteiger partial charge in [0.15, 0.2) is 11.5 Å². The molecule has 0 amide bonds. The fourth-order valence-corrected chi connectivity index (χ4v) is 1.57. The van der Waals surface area contributed by atoms with Crippen molar-refractivity contribution in [3.8, 4) is 11.5 Å². The molecule has 1 atom stereocenters. The Balaban J connectivity index is 2.76. The smallest absolute Gasteiger partial charge is 0.161 e. The molecule has 0 heterocycles. The summed E-state index contributed by atoms with van der Waals surface area (Å²) in [6.45, 7) is 8.60. The number of rotatable bonds is 7. The first-order chi connectivity index (χ1) is 8.58. The van der Waals surface area contributed by atoms with Crippen molar-refractivity contribution in [2.75, 3.05) is 20.8 Å². The summed E-state index contributed by atoms with van der Waals surface area (Å²) in [6, 6.07) is 6.32. The lowest BCUT2D eigenvalue weighted by molar-refractivity contribution is 0.297. The van der Waals surface area contributed by atoms with Crippen LogP contribution in [0.15, 0.2) is 30.4 Å². The molecule has 0 saturated heterocycles. The number of hydrogen-bond acceptors (Lipinski definition) is 3. The minimum Gasteiger partial charge on any atom is -0.493 e. The Labute approximate surface area is 110 Å². The van der Waals surface area contributed by atoms with Gasteiger partial charge in [0.1, 0.15) is 0 Å². The van der Waals surface area contributed by atoms with E-state index in [1.807, 2.05) is 26.1 Å². The molecule has 1 N–H and O–H groups in total. The number of hydrogen-bond donors (Lipinski definition) is 1. The first-order valence-corrected chi connectivity index (χ1v) is 6.21. The van der Waals surface area contributed by atoms with Gasteiger partial charge in [-0.05, 0) is 38.6 Å². The number of methoxy groups -OCH3 is 1. The van der Waals surface area contributed by atoms with Gasteiger partial charge in [0.25, 0.3) is 0 Å². The Morgan fingerprint density at radius 1 is 1.39 bits per heavy atom. The van der Waals surface area contributed by atoms with E-state index in [-0.39, 0.29) is 0 Å². The molecule has 0 radical (unpaired) electrons. The van der Waals surface area contributed by atoms with Crippen molar-refractivity contribution in [3.63, 3.8) is 0 Å².